The van der Waals surface area contributed by atoms with E-state index in [1.165, 1.54) is 96.6 Å². The fourth-order valence-electron chi connectivity index (χ4n) is 7.73. The van der Waals surface area contributed by atoms with Gasteiger partial charge in [-0.25, -0.2) is 0 Å². The lowest BCUT2D eigenvalue weighted by atomic mass is 9.83. The van der Waals surface area contributed by atoms with Crippen molar-refractivity contribution in [2.45, 2.75) is 0 Å². The fraction of sp³-hybridized carbons (Fsp3) is 0. The van der Waals surface area contributed by atoms with E-state index in [-0.39, 0.29) is 0 Å². The molecule has 0 spiro atoms. The van der Waals surface area contributed by atoms with Gasteiger partial charge in [-0.3, -0.25) is 0 Å². The van der Waals surface area contributed by atoms with Crippen molar-refractivity contribution in [2.24, 2.45) is 0 Å². The van der Waals surface area contributed by atoms with Crippen molar-refractivity contribution in [1.29, 1.82) is 0 Å². The number of rotatable bonds is 3. The van der Waals surface area contributed by atoms with Crippen molar-refractivity contribution >= 4 is 74.6 Å². The van der Waals surface area contributed by atoms with Gasteiger partial charge in [0.25, 0.3) is 0 Å². The zero-order chi connectivity index (χ0) is 30.9. The van der Waals surface area contributed by atoms with Crippen LogP contribution in [-0.4, -0.2) is 0 Å². The van der Waals surface area contributed by atoms with E-state index in [2.05, 4.69) is 170 Å². The minimum absolute atomic E-state index is 1.23. The summed E-state index contributed by atoms with van der Waals surface area (Å²) < 4.78 is 2.67. The maximum Gasteiger partial charge on any atom is 0.0355 e. The quantitative estimate of drug-likeness (QED) is 0.138. The molecule has 0 aliphatic rings. The SMILES string of the molecule is c1ccc2c(-c3ccc(-c4c5ccccc5c(-c5ccc6sc7ccccc7c6c5)c5c4ccc4ccccc45)cc3)cccc2c1. The van der Waals surface area contributed by atoms with Crippen molar-refractivity contribution in [3.8, 4) is 33.4 Å². The molecule has 218 valence electrons. The minimum Gasteiger partial charge on any atom is -0.135 e. The molecule has 1 heterocycles. The van der Waals surface area contributed by atoms with Gasteiger partial charge in [-0.15, -0.1) is 11.3 Å². The van der Waals surface area contributed by atoms with Gasteiger partial charge in [-0.2, -0.15) is 0 Å². The van der Waals surface area contributed by atoms with Gasteiger partial charge in [0.2, 0.25) is 0 Å². The van der Waals surface area contributed by atoms with Crippen LogP contribution in [0.25, 0.3) is 96.6 Å². The molecule has 10 aromatic rings. The molecule has 0 amide bonds. The van der Waals surface area contributed by atoms with Crippen LogP contribution in [0.3, 0.4) is 0 Å². The molecular formula is C46H28S. The van der Waals surface area contributed by atoms with E-state index in [9.17, 15) is 0 Å². The number of hydrogen-bond acceptors (Lipinski definition) is 1. The first kappa shape index (κ1) is 26.5. The van der Waals surface area contributed by atoms with Gasteiger partial charge in [0.05, 0.1) is 0 Å². The van der Waals surface area contributed by atoms with E-state index in [0.717, 1.165) is 0 Å². The van der Waals surface area contributed by atoms with Crippen LogP contribution in [0.2, 0.25) is 0 Å². The second-order valence-corrected chi connectivity index (χ2v) is 13.5. The Bertz CT molecular complexity index is 2830. The van der Waals surface area contributed by atoms with Crippen molar-refractivity contribution in [2.75, 3.05) is 0 Å². The molecule has 0 saturated carbocycles. The van der Waals surface area contributed by atoms with Gasteiger partial charge < -0.3 is 0 Å². The Balaban J connectivity index is 1.27. The first-order chi connectivity index (χ1) is 23.3. The number of fused-ring (bicyclic) bond motifs is 8. The lowest BCUT2D eigenvalue weighted by Crippen LogP contribution is -1.92. The molecule has 0 fully saturated rings. The summed E-state index contributed by atoms with van der Waals surface area (Å²) in [4.78, 5) is 0. The highest BCUT2D eigenvalue weighted by Gasteiger charge is 2.19. The molecule has 0 saturated heterocycles. The summed E-state index contributed by atoms with van der Waals surface area (Å²) in [6.45, 7) is 0. The Hall–Kier alpha value is -5.76. The monoisotopic (exact) mass is 612 g/mol. The molecule has 0 atom stereocenters. The van der Waals surface area contributed by atoms with Crippen LogP contribution in [0.1, 0.15) is 0 Å². The van der Waals surface area contributed by atoms with Crippen molar-refractivity contribution in [3.63, 3.8) is 0 Å². The normalized spacial score (nSPS) is 11.8. The van der Waals surface area contributed by atoms with Gasteiger partial charge >= 0.3 is 0 Å². The predicted molar refractivity (Wildman–Crippen MR) is 206 cm³/mol. The van der Waals surface area contributed by atoms with Crippen LogP contribution in [0.4, 0.5) is 0 Å². The van der Waals surface area contributed by atoms with Gasteiger partial charge in [0.15, 0.2) is 0 Å². The third kappa shape index (κ3) is 4.07. The van der Waals surface area contributed by atoms with Crippen LogP contribution in [-0.2, 0) is 0 Å². The lowest BCUT2D eigenvalue weighted by molar-refractivity contribution is 1.64. The van der Waals surface area contributed by atoms with Gasteiger partial charge in [0.1, 0.15) is 0 Å². The Kier molecular flexibility index (Phi) is 5.85. The molecule has 0 N–H and O–H groups in total. The summed E-state index contributed by atoms with van der Waals surface area (Å²) in [5, 5.41) is 12.9. The first-order valence-electron chi connectivity index (χ1n) is 16.2. The molecule has 0 bridgehead atoms. The smallest absolute Gasteiger partial charge is 0.0355 e. The maximum absolute atomic E-state index is 2.43. The Morgan fingerprint density at radius 1 is 0.298 bits per heavy atom. The standard InChI is InChI=1S/C46H28S/c1-3-13-34-29(10-1)12-9-18-35(34)31-20-22-32(23-21-31)44-38-16-5-6-17-39(38)45(46-36-14-4-2-11-30(36)24-26-40(44)46)33-25-27-43-41(28-33)37-15-7-8-19-42(37)47-43/h1-28H. The average molecular weight is 613 g/mol. The van der Waals surface area contributed by atoms with E-state index in [1.54, 1.807) is 0 Å². The molecule has 1 aromatic heterocycles. The van der Waals surface area contributed by atoms with Crippen LogP contribution in [0.15, 0.2) is 170 Å². The highest BCUT2D eigenvalue weighted by molar-refractivity contribution is 7.25. The minimum atomic E-state index is 1.23. The molecule has 0 aliphatic heterocycles. The number of benzene rings is 9. The largest absolute Gasteiger partial charge is 0.135 e. The summed E-state index contributed by atoms with van der Waals surface area (Å²) in [6, 6.07) is 62.8. The van der Waals surface area contributed by atoms with Gasteiger partial charge in [0, 0.05) is 20.2 Å². The van der Waals surface area contributed by atoms with Gasteiger partial charge in [-0.1, -0.05) is 152 Å². The Morgan fingerprint density at radius 3 is 1.68 bits per heavy atom. The van der Waals surface area contributed by atoms with E-state index in [1.807, 2.05) is 11.3 Å². The van der Waals surface area contributed by atoms with Crippen LogP contribution in [0, 0.1) is 0 Å². The topological polar surface area (TPSA) is 0 Å². The molecule has 0 aliphatic carbocycles. The molecule has 9 aromatic carbocycles. The number of thiophene rings is 1. The molecule has 0 unspecified atom stereocenters. The van der Waals surface area contributed by atoms with Crippen molar-refractivity contribution < 1.29 is 0 Å². The third-order valence-electron chi connectivity index (χ3n) is 9.85. The summed E-state index contributed by atoms with van der Waals surface area (Å²) in [5.74, 6) is 0. The number of hydrogen-bond donors (Lipinski definition) is 0. The molecule has 47 heavy (non-hydrogen) atoms. The Labute approximate surface area is 276 Å². The Morgan fingerprint density at radius 2 is 0.872 bits per heavy atom. The van der Waals surface area contributed by atoms with E-state index in [4.69, 9.17) is 0 Å². The van der Waals surface area contributed by atoms with Crippen molar-refractivity contribution in [1.82, 2.24) is 0 Å². The van der Waals surface area contributed by atoms with Crippen molar-refractivity contribution in [3.05, 3.63) is 170 Å². The highest BCUT2D eigenvalue weighted by atomic mass is 32.1. The van der Waals surface area contributed by atoms with Crippen LogP contribution >= 0.6 is 11.3 Å². The van der Waals surface area contributed by atoms with Crippen LogP contribution in [0.5, 0.6) is 0 Å². The van der Waals surface area contributed by atoms with Gasteiger partial charge in [-0.05, 0) is 94.7 Å². The molecule has 10 rings (SSSR count). The third-order valence-corrected chi connectivity index (χ3v) is 11.0. The average Bonchev–Trinajstić information content (AvgIpc) is 3.51. The second-order valence-electron chi connectivity index (χ2n) is 12.4. The summed E-state index contributed by atoms with van der Waals surface area (Å²) in [7, 11) is 0. The van der Waals surface area contributed by atoms with Crippen LogP contribution < -0.4 is 0 Å². The summed E-state index contributed by atoms with van der Waals surface area (Å²) >= 11 is 1.88. The molecule has 1 heteroatoms. The predicted octanol–water partition coefficient (Wildman–Crippen LogP) is 13.7. The zero-order valence-corrected chi connectivity index (χ0v) is 26.4. The van der Waals surface area contributed by atoms with E-state index in [0.29, 0.717) is 0 Å². The highest BCUT2D eigenvalue weighted by Crippen LogP contribution is 2.47. The summed E-state index contributed by atoms with van der Waals surface area (Å²) in [5.41, 5.74) is 7.59. The van der Waals surface area contributed by atoms with E-state index >= 15 is 0 Å². The first-order valence-corrected chi connectivity index (χ1v) is 17.0. The summed E-state index contributed by atoms with van der Waals surface area (Å²) in [6.07, 6.45) is 0. The van der Waals surface area contributed by atoms with E-state index < -0.39 is 0 Å². The molecular weight excluding hydrogens is 585 g/mol. The molecule has 0 nitrogen and oxygen atoms in total. The second kappa shape index (κ2) is 10.4. The molecule has 0 radical (unpaired) electrons. The lowest BCUT2D eigenvalue weighted by Gasteiger charge is -2.20. The maximum atomic E-state index is 2.43. The fourth-order valence-corrected chi connectivity index (χ4v) is 8.82. The zero-order valence-electron chi connectivity index (χ0n) is 25.6.